The van der Waals surface area contributed by atoms with Crippen LogP contribution in [0.25, 0.3) is 11.3 Å². The molecular weight excluding hydrogens is 402 g/mol. The molecule has 2 unspecified atom stereocenters. The van der Waals surface area contributed by atoms with Crippen LogP contribution in [0.4, 0.5) is 10.5 Å². The minimum absolute atomic E-state index is 0.0939. The standard InChI is InChI=1S/C25H25N5O2/c26-14-17-5-7-19(8-6-17)28-25(32)29-11-9-18(10-12-29)24(31)13-22-20-3-1-2-4-21(20)23-15-27-16-30(22)23/h1-8,15-16,18,22,24,31H,9-13H2,(H,28,32). The molecule has 7 nitrogen and oxygen atoms in total. The third kappa shape index (κ3) is 3.74. The van der Waals surface area contributed by atoms with Crippen molar-refractivity contribution in [1.29, 1.82) is 5.26 Å². The summed E-state index contributed by atoms with van der Waals surface area (Å²) in [4.78, 5) is 18.7. The predicted molar refractivity (Wildman–Crippen MR) is 121 cm³/mol. The molecular formula is C25H25N5O2. The van der Waals surface area contributed by atoms with Crippen LogP contribution in [0.1, 0.15) is 36.4 Å². The van der Waals surface area contributed by atoms with Gasteiger partial charge in [-0.3, -0.25) is 0 Å². The second kappa shape index (κ2) is 8.48. The van der Waals surface area contributed by atoms with Crippen LogP contribution in [0.2, 0.25) is 0 Å². The van der Waals surface area contributed by atoms with E-state index in [1.807, 2.05) is 24.7 Å². The topological polar surface area (TPSA) is 94.2 Å². The van der Waals surface area contributed by atoms with Gasteiger partial charge in [0.05, 0.1) is 42.0 Å². The van der Waals surface area contributed by atoms with E-state index in [-0.39, 0.29) is 18.0 Å². The third-order valence-electron chi connectivity index (χ3n) is 6.70. The minimum atomic E-state index is -0.440. The Morgan fingerprint density at radius 2 is 1.94 bits per heavy atom. The van der Waals surface area contributed by atoms with Gasteiger partial charge in [-0.2, -0.15) is 5.26 Å². The fourth-order valence-electron chi connectivity index (χ4n) is 4.91. The molecule has 32 heavy (non-hydrogen) atoms. The molecule has 2 aromatic carbocycles. The summed E-state index contributed by atoms with van der Waals surface area (Å²) in [6, 6.07) is 17.2. The van der Waals surface area contributed by atoms with Crippen molar-refractivity contribution in [1.82, 2.24) is 14.5 Å². The summed E-state index contributed by atoms with van der Waals surface area (Å²) < 4.78 is 2.16. The van der Waals surface area contributed by atoms with Crippen molar-refractivity contribution in [2.75, 3.05) is 18.4 Å². The highest BCUT2D eigenvalue weighted by molar-refractivity contribution is 5.89. The van der Waals surface area contributed by atoms with E-state index in [4.69, 9.17) is 5.26 Å². The Kier molecular flexibility index (Phi) is 5.38. The number of anilines is 1. The van der Waals surface area contributed by atoms with E-state index in [2.05, 4.69) is 33.1 Å². The number of nitrogens with one attached hydrogen (secondary N) is 1. The highest BCUT2D eigenvalue weighted by Crippen LogP contribution is 2.42. The van der Waals surface area contributed by atoms with Gasteiger partial charge in [-0.15, -0.1) is 0 Å². The maximum absolute atomic E-state index is 12.6. The summed E-state index contributed by atoms with van der Waals surface area (Å²) in [7, 11) is 0. The molecule has 2 amide bonds. The van der Waals surface area contributed by atoms with Crippen LogP contribution in [-0.2, 0) is 0 Å². The minimum Gasteiger partial charge on any atom is -0.393 e. The first-order valence-electron chi connectivity index (χ1n) is 11.0. The molecule has 1 saturated heterocycles. The summed E-state index contributed by atoms with van der Waals surface area (Å²) >= 11 is 0. The Morgan fingerprint density at radius 3 is 2.69 bits per heavy atom. The van der Waals surface area contributed by atoms with Gasteiger partial charge in [0.1, 0.15) is 0 Å². The van der Waals surface area contributed by atoms with Crippen molar-refractivity contribution in [3.8, 4) is 17.3 Å². The van der Waals surface area contributed by atoms with Crippen LogP contribution in [0.15, 0.2) is 61.1 Å². The molecule has 0 aliphatic carbocycles. The summed E-state index contributed by atoms with van der Waals surface area (Å²) in [5, 5.41) is 22.8. The number of rotatable bonds is 4. The van der Waals surface area contributed by atoms with E-state index in [1.165, 1.54) is 11.1 Å². The lowest BCUT2D eigenvalue weighted by molar-refractivity contribution is 0.0552. The van der Waals surface area contributed by atoms with Gasteiger partial charge < -0.3 is 19.9 Å². The number of hydrogen-bond donors (Lipinski definition) is 2. The van der Waals surface area contributed by atoms with Crippen molar-refractivity contribution >= 4 is 11.7 Å². The van der Waals surface area contributed by atoms with E-state index >= 15 is 0 Å². The van der Waals surface area contributed by atoms with Crippen LogP contribution in [0, 0.1) is 17.2 Å². The van der Waals surface area contributed by atoms with Crippen LogP contribution >= 0.6 is 0 Å². The molecule has 162 valence electrons. The summed E-state index contributed by atoms with van der Waals surface area (Å²) in [6.07, 6.45) is 5.48. The van der Waals surface area contributed by atoms with E-state index in [1.54, 1.807) is 29.2 Å². The number of fused-ring (bicyclic) bond motifs is 3. The van der Waals surface area contributed by atoms with Crippen molar-refractivity contribution in [2.45, 2.75) is 31.4 Å². The largest absolute Gasteiger partial charge is 0.393 e. The number of piperidine rings is 1. The normalized spacial score (nSPS) is 18.5. The molecule has 2 aliphatic rings. The smallest absolute Gasteiger partial charge is 0.321 e. The Hall–Kier alpha value is -3.63. The predicted octanol–water partition coefficient (Wildman–Crippen LogP) is 4.02. The number of nitrogens with zero attached hydrogens (tertiary/aromatic N) is 4. The van der Waals surface area contributed by atoms with Gasteiger partial charge in [-0.25, -0.2) is 9.78 Å². The lowest BCUT2D eigenvalue weighted by Gasteiger charge is -2.35. The number of amides is 2. The van der Waals surface area contributed by atoms with Gasteiger partial charge in [0.15, 0.2) is 0 Å². The molecule has 1 fully saturated rings. The number of carbonyl (C=O) groups excluding carboxylic acids is 1. The van der Waals surface area contributed by atoms with E-state index in [0.717, 1.165) is 18.5 Å². The van der Waals surface area contributed by atoms with Gasteiger partial charge in [0.2, 0.25) is 0 Å². The van der Waals surface area contributed by atoms with Crippen molar-refractivity contribution in [3.05, 3.63) is 72.2 Å². The monoisotopic (exact) mass is 427 g/mol. The molecule has 2 aliphatic heterocycles. The van der Waals surface area contributed by atoms with Gasteiger partial charge in [-0.1, -0.05) is 24.3 Å². The quantitative estimate of drug-likeness (QED) is 0.658. The molecule has 1 aromatic heterocycles. The van der Waals surface area contributed by atoms with Crippen molar-refractivity contribution < 1.29 is 9.90 Å². The van der Waals surface area contributed by atoms with Gasteiger partial charge >= 0.3 is 6.03 Å². The number of aromatic nitrogens is 2. The molecule has 0 spiro atoms. The van der Waals surface area contributed by atoms with Crippen LogP contribution in [0.5, 0.6) is 0 Å². The number of benzene rings is 2. The second-order valence-electron chi connectivity index (χ2n) is 8.54. The number of hydrogen-bond acceptors (Lipinski definition) is 4. The van der Waals surface area contributed by atoms with E-state index in [0.29, 0.717) is 30.8 Å². The Morgan fingerprint density at radius 1 is 1.19 bits per heavy atom. The first-order valence-corrected chi connectivity index (χ1v) is 11.0. The van der Waals surface area contributed by atoms with Gasteiger partial charge in [0.25, 0.3) is 0 Å². The summed E-state index contributed by atoms with van der Waals surface area (Å²) in [6.45, 7) is 1.23. The fraction of sp³-hybridized carbons (Fsp3) is 0.320. The first-order chi connectivity index (χ1) is 15.6. The van der Waals surface area contributed by atoms with Crippen LogP contribution in [-0.4, -0.2) is 44.8 Å². The Balaban J connectivity index is 1.18. The SMILES string of the molecule is N#Cc1ccc(NC(=O)N2CCC(C(O)CC3c4ccccc4-c4cncn43)CC2)cc1. The number of nitriles is 1. The lowest BCUT2D eigenvalue weighted by atomic mass is 9.86. The zero-order valence-corrected chi connectivity index (χ0v) is 17.7. The molecule has 5 rings (SSSR count). The molecule has 2 N–H and O–H groups in total. The van der Waals surface area contributed by atoms with E-state index in [9.17, 15) is 9.90 Å². The maximum Gasteiger partial charge on any atom is 0.321 e. The zero-order chi connectivity index (χ0) is 22.1. The Labute approximate surface area is 186 Å². The van der Waals surface area contributed by atoms with Gasteiger partial charge in [-0.05, 0) is 55.0 Å². The highest BCUT2D eigenvalue weighted by atomic mass is 16.3. The molecule has 0 radical (unpaired) electrons. The third-order valence-corrected chi connectivity index (χ3v) is 6.70. The maximum atomic E-state index is 12.6. The average Bonchev–Trinajstić information content (AvgIpc) is 3.42. The number of likely N-dealkylation sites (tertiary alicyclic amines) is 1. The van der Waals surface area contributed by atoms with Crippen LogP contribution < -0.4 is 5.32 Å². The fourth-order valence-corrected chi connectivity index (χ4v) is 4.91. The number of aliphatic hydroxyl groups is 1. The van der Waals surface area contributed by atoms with Gasteiger partial charge in [0, 0.05) is 24.3 Å². The second-order valence-corrected chi connectivity index (χ2v) is 8.54. The van der Waals surface area contributed by atoms with E-state index < -0.39 is 6.10 Å². The zero-order valence-electron chi connectivity index (χ0n) is 17.7. The highest BCUT2D eigenvalue weighted by Gasteiger charge is 2.34. The number of imidazole rings is 1. The lowest BCUT2D eigenvalue weighted by Crippen LogP contribution is -2.43. The number of urea groups is 1. The number of carbonyl (C=O) groups is 1. The van der Waals surface area contributed by atoms with Crippen molar-refractivity contribution in [3.63, 3.8) is 0 Å². The summed E-state index contributed by atoms with van der Waals surface area (Å²) in [5.74, 6) is 0.161. The molecule has 2 atom stereocenters. The van der Waals surface area contributed by atoms with Crippen LogP contribution in [0.3, 0.4) is 0 Å². The Bertz CT molecular complexity index is 1160. The molecule has 3 heterocycles. The molecule has 0 bridgehead atoms. The molecule has 3 aromatic rings. The summed E-state index contributed by atoms with van der Waals surface area (Å²) in [5.41, 5.74) is 4.77. The molecule has 7 heteroatoms. The molecule has 0 saturated carbocycles. The average molecular weight is 428 g/mol. The first kappa shape index (κ1) is 20.3. The number of aliphatic hydroxyl groups excluding tert-OH is 1. The van der Waals surface area contributed by atoms with Crippen molar-refractivity contribution in [2.24, 2.45) is 5.92 Å².